The highest BCUT2D eigenvalue weighted by atomic mass is 16.1. The molecular weight excluding hydrogens is 186 g/mol. The minimum absolute atomic E-state index is 0.171. The van der Waals surface area contributed by atoms with Crippen molar-refractivity contribution < 1.29 is 4.79 Å². The molecule has 0 aliphatic rings. The Bertz CT molecular complexity index is 376. The highest BCUT2D eigenvalue weighted by molar-refractivity contribution is 5.97. The maximum atomic E-state index is 11.8. The van der Waals surface area contributed by atoms with E-state index in [-0.39, 0.29) is 5.78 Å². The Labute approximate surface area is 90.7 Å². The number of carbonyl (C=O) groups is 1. The quantitative estimate of drug-likeness (QED) is 0.416. The van der Waals surface area contributed by atoms with Crippen LogP contribution in [-0.2, 0) is 6.42 Å². The average Bonchev–Trinajstić information content (AvgIpc) is 2.29. The van der Waals surface area contributed by atoms with Crippen LogP contribution in [0.2, 0.25) is 0 Å². The molecule has 78 valence electrons. The van der Waals surface area contributed by atoms with E-state index in [0.29, 0.717) is 12.8 Å². The largest absolute Gasteiger partial charge is 0.294 e. The van der Waals surface area contributed by atoms with Crippen molar-refractivity contribution in [2.45, 2.75) is 32.6 Å². The molecule has 15 heavy (non-hydrogen) atoms. The zero-order valence-electron chi connectivity index (χ0n) is 8.99. The molecule has 0 N–H and O–H groups in total. The van der Waals surface area contributed by atoms with Gasteiger partial charge in [-0.15, -0.1) is 12.3 Å². The highest BCUT2D eigenvalue weighted by Crippen LogP contribution is 2.12. The first-order chi connectivity index (χ1) is 7.29. The lowest BCUT2D eigenvalue weighted by atomic mass is 10.0. The van der Waals surface area contributed by atoms with Crippen molar-refractivity contribution in [2.75, 3.05) is 0 Å². The van der Waals surface area contributed by atoms with Gasteiger partial charge in [-0.25, -0.2) is 0 Å². The summed E-state index contributed by atoms with van der Waals surface area (Å²) in [7, 11) is 0. The van der Waals surface area contributed by atoms with Crippen molar-refractivity contribution in [1.29, 1.82) is 0 Å². The first kappa shape index (κ1) is 11.5. The molecule has 0 aliphatic heterocycles. The van der Waals surface area contributed by atoms with Crippen molar-refractivity contribution in [3.05, 3.63) is 29.6 Å². The van der Waals surface area contributed by atoms with E-state index in [4.69, 9.17) is 6.42 Å². The van der Waals surface area contributed by atoms with Crippen LogP contribution in [0.1, 0.15) is 42.1 Å². The Balaban J connectivity index is 2.69. The fourth-order valence-electron chi connectivity index (χ4n) is 1.47. The minimum Gasteiger partial charge on any atom is -0.294 e. The van der Waals surface area contributed by atoms with Crippen LogP contribution in [-0.4, -0.2) is 10.8 Å². The predicted molar refractivity (Wildman–Crippen MR) is 60.6 cm³/mol. The van der Waals surface area contributed by atoms with Gasteiger partial charge in [0.05, 0.1) is 0 Å². The van der Waals surface area contributed by atoms with Gasteiger partial charge in [0.2, 0.25) is 0 Å². The smallest absolute Gasteiger partial charge is 0.163 e. The van der Waals surface area contributed by atoms with E-state index in [1.54, 1.807) is 18.5 Å². The molecule has 0 bridgehead atoms. The van der Waals surface area contributed by atoms with E-state index in [2.05, 4.69) is 10.9 Å². The van der Waals surface area contributed by atoms with Crippen molar-refractivity contribution in [2.24, 2.45) is 0 Å². The van der Waals surface area contributed by atoms with Crippen molar-refractivity contribution in [3.8, 4) is 12.3 Å². The molecule has 2 nitrogen and oxygen atoms in total. The fourth-order valence-corrected chi connectivity index (χ4v) is 1.47. The van der Waals surface area contributed by atoms with E-state index >= 15 is 0 Å². The third-order valence-corrected chi connectivity index (χ3v) is 2.31. The second-order valence-electron chi connectivity index (χ2n) is 3.37. The molecule has 0 spiro atoms. The number of terminal acetylenes is 1. The monoisotopic (exact) mass is 201 g/mol. The molecule has 0 aromatic carbocycles. The maximum Gasteiger partial charge on any atom is 0.163 e. The van der Waals surface area contributed by atoms with Crippen LogP contribution in [0.25, 0.3) is 0 Å². The van der Waals surface area contributed by atoms with Crippen molar-refractivity contribution in [1.82, 2.24) is 4.98 Å². The Hall–Kier alpha value is -1.62. The highest BCUT2D eigenvalue weighted by Gasteiger charge is 2.09. The first-order valence-electron chi connectivity index (χ1n) is 5.19. The van der Waals surface area contributed by atoms with Gasteiger partial charge in [0.25, 0.3) is 0 Å². The second kappa shape index (κ2) is 5.98. The summed E-state index contributed by atoms with van der Waals surface area (Å²) in [5.41, 5.74) is 1.81. The second-order valence-corrected chi connectivity index (χ2v) is 3.37. The summed E-state index contributed by atoms with van der Waals surface area (Å²) in [5.74, 6) is 2.71. The molecule has 1 aromatic rings. The SMILES string of the molecule is C#CCCCC(=O)c1ccncc1CC. The minimum atomic E-state index is 0.171. The third kappa shape index (κ3) is 3.21. The predicted octanol–water partition coefficient (Wildman–Crippen LogP) is 2.63. The maximum absolute atomic E-state index is 11.8. The summed E-state index contributed by atoms with van der Waals surface area (Å²) < 4.78 is 0. The van der Waals surface area contributed by atoms with Crippen LogP contribution in [0.4, 0.5) is 0 Å². The Morgan fingerprint density at radius 2 is 2.40 bits per heavy atom. The Morgan fingerprint density at radius 3 is 3.07 bits per heavy atom. The van der Waals surface area contributed by atoms with E-state index < -0.39 is 0 Å². The third-order valence-electron chi connectivity index (χ3n) is 2.31. The van der Waals surface area contributed by atoms with Gasteiger partial charge in [-0.2, -0.15) is 0 Å². The van der Waals surface area contributed by atoms with E-state index in [0.717, 1.165) is 24.0 Å². The van der Waals surface area contributed by atoms with Crippen LogP contribution in [0.5, 0.6) is 0 Å². The van der Waals surface area contributed by atoms with Crippen LogP contribution in [0.3, 0.4) is 0 Å². The lowest BCUT2D eigenvalue weighted by Crippen LogP contribution is -2.03. The molecule has 2 heteroatoms. The van der Waals surface area contributed by atoms with Crippen LogP contribution >= 0.6 is 0 Å². The summed E-state index contributed by atoms with van der Waals surface area (Å²) >= 11 is 0. The number of hydrogen-bond acceptors (Lipinski definition) is 2. The Kier molecular flexibility index (Phi) is 4.56. The van der Waals surface area contributed by atoms with Gasteiger partial charge < -0.3 is 0 Å². The van der Waals surface area contributed by atoms with E-state index in [1.807, 2.05) is 6.92 Å². The molecule has 0 amide bonds. The number of rotatable bonds is 5. The molecule has 0 aliphatic carbocycles. The zero-order chi connectivity index (χ0) is 11.1. The van der Waals surface area contributed by atoms with Crippen LogP contribution in [0, 0.1) is 12.3 Å². The summed E-state index contributed by atoms with van der Waals surface area (Å²) in [6, 6.07) is 1.79. The molecule has 0 atom stereocenters. The molecule has 0 unspecified atom stereocenters. The van der Waals surface area contributed by atoms with Gasteiger partial charge in [0, 0.05) is 30.8 Å². The number of hydrogen-bond donors (Lipinski definition) is 0. The van der Waals surface area contributed by atoms with Gasteiger partial charge >= 0.3 is 0 Å². The van der Waals surface area contributed by atoms with Crippen LogP contribution in [0.15, 0.2) is 18.5 Å². The number of nitrogens with zero attached hydrogens (tertiary/aromatic N) is 1. The van der Waals surface area contributed by atoms with Gasteiger partial charge in [-0.3, -0.25) is 9.78 Å². The Morgan fingerprint density at radius 1 is 1.60 bits per heavy atom. The number of unbranched alkanes of at least 4 members (excludes halogenated alkanes) is 1. The van der Waals surface area contributed by atoms with E-state index in [1.165, 1.54) is 0 Å². The van der Waals surface area contributed by atoms with Gasteiger partial charge in [-0.05, 0) is 24.5 Å². The standard InChI is InChI=1S/C13H15NO/c1-3-5-6-7-13(15)12-8-9-14-10-11(12)4-2/h1,8-10H,4-7H2,2H3. The zero-order valence-corrected chi connectivity index (χ0v) is 8.99. The average molecular weight is 201 g/mol. The number of pyridine rings is 1. The topological polar surface area (TPSA) is 30.0 Å². The molecule has 1 aromatic heterocycles. The number of aromatic nitrogens is 1. The molecule has 1 heterocycles. The molecule has 1 rings (SSSR count). The van der Waals surface area contributed by atoms with Crippen molar-refractivity contribution >= 4 is 5.78 Å². The van der Waals surface area contributed by atoms with Gasteiger partial charge in [0.15, 0.2) is 5.78 Å². The van der Waals surface area contributed by atoms with Crippen molar-refractivity contribution in [3.63, 3.8) is 0 Å². The number of carbonyl (C=O) groups excluding carboxylic acids is 1. The fraction of sp³-hybridized carbons (Fsp3) is 0.385. The first-order valence-corrected chi connectivity index (χ1v) is 5.19. The summed E-state index contributed by atoms with van der Waals surface area (Å²) in [5, 5.41) is 0. The molecular formula is C13H15NO. The summed E-state index contributed by atoms with van der Waals surface area (Å²) in [6.07, 6.45) is 11.4. The molecule has 0 saturated carbocycles. The van der Waals surface area contributed by atoms with Gasteiger partial charge in [0.1, 0.15) is 0 Å². The molecule has 0 saturated heterocycles. The number of Topliss-reactive ketones (excluding diaryl/α,β-unsaturated/α-hetero) is 1. The number of ketones is 1. The van der Waals surface area contributed by atoms with E-state index in [9.17, 15) is 4.79 Å². The summed E-state index contributed by atoms with van der Waals surface area (Å²) in [6.45, 7) is 2.02. The normalized spacial score (nSPS) is 9.60. The van der Waals surface area contributed by atoms with Gasteiger partial charge in [-0.1, -0.05) is 6.92 Å². The molecule has 0 radical (unpaired) electrons. The van der Waals surface area contributed by atoms with Crippen LogP contribution < -0.4 is 0 Å². The summed E-state index contributed by atoms with van der Waals surface area (Å²) in [4.78, 5) is 15.8. The molecule has 0 fully saturated rings. The lowest BCUT2D eigenvalue weighted by Gasteiger charge is -2.04. The lowest BCUT2D eigenvalue weighted by molar-refractivity contribution is 0.0979. The number of aryl methyl sites for hydroxylation is 1.